The Morgan fingerprint density at radius 1 is 0.259 bits per heavy atom. The Bertz CT molecular complexity index is 3440. The quantitative estimate of drug-likeness (QED) is 0.160. The summed E-state index contributed by atoms with van der Waals surface area (Å²) in [6.07, 6.45) is 0. The molecule has 2 aromatic heterocycles. The normalized spacial score (nSPS) is 12.1. The van der Waals surface area contributed by atoms with Crippen molar-refractivity contribution in [2.75, 3.05) is 0 Å². The van der Waals surface area contributed by atoms with Gasteiger partial charge in [-0.2, -0.15) is 0 Å². The van der Waals surface area contributed by atoms with Gasteiger partial charge in [-0.05, 0) is 113 Å². The van der Waals surface area contributed by atoms with E-state index >= 15 is 0 Å². The molecule has 0 unspecified atom stereocenters. The van der Waals surface area contributed by atoms with Gasteiger partial charge in [0, 0.05) is 40.3 Å². The molecule has 54 heavy (non-hydrogen) atoms. The van der Waals surface area contributed by atoms with E-state index in [0.717, 1.165) is 0 Å². The van der Waals surface area contributed by atoms with E-state index in [1.807, 2.05) is 22.7 Å². The van der Waals surface area contributed by atoms with Gasteiger partial charge >= 0.3 is 0 Å². The molecule has 2 heterocycles. The first-order valence-corrected chi connectivity index (χ1v) is 20.1. The highest BCUT2D eigenvalue weighted by Gasteiger charge is 2.19. The van der Waals surface area contributed by atoms with Crippen LogP contribution in [-0.2, 0) is 0 Å². The van der Waals surface area contributed by atoms with Crippen LogP contribution in [0, 0.1) is 0 Å². The van der Waals surface area contributed by atoms with Crippen molar-refractivity contribution in [3.05, 3.63) is 182 Å². The zero-order chi connectivity index (χ0) is 35.3. The Hall–Kier alpha value is -6.32. The maximum Gasteiger partial charge on any atom is 0.0361 e. The fourth-order valence-corrected chi connectivity index (χ4v) is 11.3. The maximum atomic E-state index is 2.45. The van der Waals surface area contributed by atoms with Crippen molar-refractivity contribution in [3.63, 3.8) is 0 Å². The van der Waals surface area contributed by atoms with Gasteiger partial charge in [0.05, 0.1) is 0 Å². The third-order valence-corrected chi connectivity index (χ3v) is 13.7. The minimum absolute atomic E-state index is 1.23. The molecule has 0 saturated heterocycles. The minimum atomic E-state index is 1.23. The lowest BCUT2D eigenvalue weighted by Crippen LogP contribution is -1.91. The lowest BCUT2D eigenvalue weighted by atomic mass is 9.85. The second-order valence-corrected chi connectivity index (χ2v) is 16.5. The molecule has 0 radical (unpaired) electrons. The summed E-state index contributed by atoms with van der Waals surface area (Å²) in [7, 11) is 0. The van der Waals surface area contributed by atoms with E-state index in [1.165, 1.54) is 117 Å². The van der Waals surface area contributed by atoms with E-state index in [-0.39, 0.29) is 0 Å². The first kappa shape index (κ1) is 30.2. The molecular formula is C52H30S2. The van der Waals surface area contributed by atoms with Gasteiger partial charge in [0.1, 0.15) is 0 Å². The van der Waals surface area contributed by atoms with Gasteiger partial charge < -0.3 is 0 Å². The highest BCUT2D eigenvalue weighted by molar-refractivity contribution is 7.26. The summed E-state index contributed by atoms with van der Waals surface area (Å²) in [5, 5.41) is 15.7. The predicted octanol–water partition coefficient (Wildman–Crippen LogP) is 16.0. The fraction of sp³-hybridized carbons (Fsp3) is 0. The van der Waals surface area contributed by atoms with E-state index in [0.29, 0.717) is 0 Å². The largest absolute Gasteiger partial charge is 0.135 e. The summed E-state index contributed by atoms with van der Waals surface area (Å²) in [4.78, 5) is 0. The summed E-state index contributed by atoms with van der Waals surface area (Å²) in [5.74, 6) is 0. The molecule has 0 bridgehead atoms. The second kappa shape index (κ2) is 11.6. The monoisotopic (exact) mass is 718 g/mol. The molecule has 0 fully saturated rings. The lowest BCUT2D eigenvalue weighted by Gasteiger charge is -2.18. The van der Waals surface area contributed by atoms with Crippen molar-refractivity contribution in [2.45, 2.75) is 0 Å². The van der Waals surface area contributed by atoms with Crippen LogP contribution >= 0.6 is 22.7 Å². The number of hydrogen-bond acceptors (Lipinski definition) is 2. The number of rotatable bonds is 3. The second-order valence-electron chi connectivity index (χ2n) is 14.4. The smallest absolute Gasteiger partial charge is 0.0361 e. The van der Waals surface area contributed by atoms with Gasteiger partial charge in [0.15, 0.2) is 0 Å². The Labute approximate surface area is 319 Å². The number of thiophene rings is 2. The third kappa shape index (κ3) is 4.42. The summed E-state index contributed by atoms with van der Waals surface area (Å²) >= 11 is 3.80. The Kier molecular flexibility index (Phi) is 6.48. The van der Waals surface area contributed by atoms with Gasteiger partial charge in [0.25, 0.3) is 0 Å². The van der Waals surface area contributed by atoms with Crippen molar-refractivity contribution in [1.29, 1.82) is 0 Å². The molecule has 0 aliphatic heterocycles. The first-order chi connectivity index (χ1) is 26.8. The summed E-state index contributed by atoms with van der Waals surface area (Å²) in [6.45, 7) is 0. The van der Waals surface area contributed by atoms with E-state index in [1.54, 1.807) is 0 Å². The Balaban J connectivity index is 1.07. The summed E-state index contributed by atoms with van der Waals surface area (Å²) in [6, 6.07) is 67.9. The van der Waals surface area contributed by atoms with Crippen LogP contribution in [0.25, 0.3) is 117 Å². The number of hydrogen-bond donors (Lipinski definition) is 0. The molecule has 0 nitrogen and oxygen atoms in total. The minimum Gasteiger partial charge on any atom is -0.135 e. The summed E-state index contributed by atoms with van der Waals surface area (Å²) < 4.78 is 5.36. The molecule has 0 atom stereocenters. The molecule has 250 valence electrons. The van der Waals surface area contributed by atoms with Gasteiger partial charge in [-0.15, -0.1) is 22.7 Å². The van der Waals surface area contributed by atoms with Crippen molar-refractivity contribution < 1.29 is 0 Å². The molecule has 0 aliphatic rings. The highest BCUT2D eigenvalue weighted by Crippen LogP contribution is 2.47. The summed E-state index contributed by atoms with van der Waals surface area (Å²) in [5.41, 5.74) is 7.57. The van der Waals surface area contributed by atoms with Crippen LogP contribution in [-0.4, -0.2) is 0 Å². The van der Waals surface area contributed by atoms with Crippen LogP contribution in [0.2, 0.25) is 0 Å². The molecule has 12 rings (SSSR count). The topological polar surface area (TPSA) is 0 Å². The van der Waals surface area contributed by atoms with Crippen LogP contribution in [0.4, 0.5) is 0 Å². The van der Waals surface area contributed by atoms with E-state index in [4.69, 9.17) is 0 Å². The van der Waals surface area contributed by atoms with Crippen LogP contribution < -0.4 is 0 Å². The van der Waals surface area contributed by atoms with Crippen molar-refractivity contribution in [3.8, 4) is 33.4 Å². The molecule has 0 N–H and O–H groups in total. The van der Waals surface area contributed by atoms with Crippen LogP contribution in [0.1, 0.15) is 0 Å². The fourth-order valence-electron chi connectivity index (χ4n) is 9.04. The molecule has 0 amide bonds. The maximum absolute atomic E-state index is 2.45. The molecule has 0 saturated carbocycles. The van der Waals surface area contributed by atoms with Crippen LogP contribution in [0.5, 0.6) is 0 Å². The van der Waals surface area contributed by atoms with Crippen molar-refractivity contribution >= 4 is 106 Å². The van der Waals surface area contributed by atoms with Gasteiger partial charge in [-0.3, -0.25) is 0 Å². The first-order valence-electron chi connectivity index (χ1n) is 18.5. The molecule has 10 aromatic carbocycles. The lowest BCUT2D eigenvalue weighted by molar-refractivity contribution is 1.63. The standard InChI is InChI=1S/C52H30S2/c1-2-15-36-31(11-1)12-10-21-37(36)32-13-9-14-34(27-32)50-39-17-3-5-19-41(39)51(42-20-6-4-18-40(42)50)35-23-25-43-48(29-35)54-47-26-24-33-28-49-45(30-44(33)52(43)47)38-16-7-8-22-46(38)53-49/h1-30H. The van der Waals surface area contributed by atoms with Crippen LogP contribution in [0.15, 0.2) is 182 Å². The third-order valence-electron chi connectivity index (χ3n) is 11.4. The molecule has 12 aromatic rings. The Morgan fingerprint density at radius 3 is 1.63 bits per heavy atom. The number of fused-ring (bicyclic) bond motifs is 11. The van der Waals surface area contributed by atoms with Gasteiger partial charge in [-0.25, -0.2) is 0 Å². The van der Waals surface area contributed by atoms with E-state index in [2.05, 4.69) is 182 Å². The average Bonchev–Trinajstić information content (AvgIpc) is 3.79. The number of benzene rings is 10. The molecule has 0 spiro atoms. The van der Waals surface area contributed by atoms with E-state index in [9.17, 15) is 0 Å². The zero-order valence-electron chi connectivity index (χ0n) is 29.1. The highest BCUT2D eigenvalue weighted by atomic mass is 32.1. The Morgan fingerprint density at radius 2 is 0.852 bits per heavy atom. The molecular weight excluding hydrogens is 689 g/mol. The van der Waals surface area contributed by atoms with Crippen molar-refractivity contribution in [2.24, 2.45) is 0 Å². The van der Waals surface area contributed by atoms with Gasteiger partial charge in [0.2, 0.25) is 0 Å². The molecule has 0 aliphatic carbocycles. The SMILES string of the molecule is c1cc(-c2cccc3ccccc23)cc(-c2c3ccccc3c(-c3ccc4c(c3)sc3ccc5cc6sc7ccccc7c6cc5c34)c3ccccc23)c1. The average molecular weight is 719 g/mol. The molecule has 2 heteroatoms. The van der Waals surface area contributed by atoms with Crippen molar-refractivity contribution in [1.82, 2.24) is 0 Å². The van der Waals surface area contributed by atoms with E-state index < -0.39 is 0 Å². The predicted molar refractivity (Wildman–Crippen MR) is 239 cm³/mol. The van der Waals surface area contributed by atoms with Crippen LogP contribution in [0.3, 0.4) is 0 Å². The van der Waals surface area contributed by atoms with Gasteiger partial charge in [-0.1, -0.05) is 146 Å². The zero-order valence-corrected chi connectivity index (χ0v) is 30.8.